The van der Waals surface area contributed by atoms with Crippen molar-refractivity contribution in [1.82, 2.24) is 20.9 Å². The van der Waals surface area contributed by atoms with Crippen LogP contribution in [0.3, 0.4) is 0 Å². The number of nitrogens with one attached hydrogen (secondary N) is 4. The zero-order chi connectivity index (χ0) is 32.5. The van der Waals surface area contributed by atoms with Gasteiger partial charge in [0.2, 0.25) is 17.7 Å². The molecule has 0 saturated heterocycles. The van der Waals surface area contributed by atoms with E-state index in [1.165, 1.54) is 19.1 Å². The van der Waals surface area contributed by atoms with E-state index in [0.29, 0.717) is 11.1 Å². The highest BCUT2D eigenvalue weighted by Gasteiger charge is 2.32. The summed E-state index contributed by atoms with van der Waals surface area (Å²) in [5.74, 6) is -3.46. The molecule has 12 nitrogen and oxygen atoms in total. The number of aliphatic hydroxyl groups excluding tert-OH is 1. The number of amides is 3. The van der Waals surface area contributed by atoms with E-state index in [-0.39, 0.29) is 25.0 Å². The van der Waals surface area contributed by atoms with Gasteiger partial charge in [-0.15, -0.1) is 0 Å². The molecule has 0 aliphatic heterocycles. The normalized spacial score (nSPS) is 14.5. The van der Waals surface area contributed by atoms with Crippen molar-refractivity contribution in [3.63, 3.8) is 0 Å². The van der Waals surface area contributed by atoms with Gasteiger partial charge in [0.15, 0.2) is 0 Å². The van der Waals surface area contributed by atoms with E-state index in [0.717, 1.165) is 16.5 Å². The number of carbonyl (C=O) groups excluding carboxylic acids is 3. The maximum absolute atomic E-state index is 13.8. The molecule has 9 N–H and O–H groups in total. The Balaban J connectivity index is 1.59. The minimum Gasteiger partial charge on any atom is -0.508 e. The van der Waals surface area contributed by atoms with E-state index in [1.54, 1.807) is 48.7 Å². The predicted octanol–water partition coefficient (Wildman–Crippen LogP) is 1.15. The first-order chi connectivity index (χ1) is 21.5. The van der Waals surface area contributed by atoms with Gasteiger partial charge in [0, 0.05) is 36.4 Å². The van der Waals surface area contributed by atoms with Crippen molar-refractivity contribution in [3.8, 4) is 5.75 Å². The summed E-state index contributed by atoms with van der Waals surface area (Å²) in [5, 5.41) is 38.0. The summed E-state index contributed by atoms with van der Waals surface area (Å²) >= 11 is 0. The lowest BCUT2D eigenvalue weighted by Gasteiger charge is -2.26. The fraction of sp³-hybridized carbons (Fsp3) is 0.273. The number of para-hydroxylation sites is 1. The number of aromatic hydroxyl groups is 1. The molecule has 0 aliphatic carbocycles. The smallest absolute Gasteiger partial charge is 0.326 e. The molecule has 4 aromatic rings. The number of hydrogen-bond acceptors (Lipinski definition) is 7. The van der Waals surface area contributed by atoms with Gasteiger partial charge in [-0.2, -0.15) is 0 Å². The van der Waals surface area contributed by atoms with Crippen molar-refractivity contribution < 1.29 is 34.5 Å². The van der Waals surface area contributed by atoms with Crippen LogP contribution in [0.15, 0.2) is 85.1 Å². The van der Waals surface area contributed by atoms with Gasteiger partial charge >= 0.3 is 5.97 Å². The van der Waals surface area contributed by atoms with Crippen molar-refractivity contribution in [3.05, 3.63) is 102 Å². The second-order valence-corrected chi connectivity index (χ2v) is 10.9. The topological polar surface area (TPSA) is 207 Å². The highest BCUT2D eigenvalue weighted by atomic mass is 16.4. The van der Waals surface area contributed by atoms with Gasteiger partial charge in [0.25, 0.3) is 0 Å². The summed E-state index contributed by atoms with van der Waals surface area (Å²) in [7, 11) is 0. The largest absolute Gasteiger partial charge is 0.508 e. The molecule has 0 bridgehead atoms. The number of nitrogens with two attached hydrogens (primary N) is 1. The van der Waals surface area contributed by atoms with Crippen LogP contribution in [0.25, 0.3) is 10.9 Å². The summed E-state index contributed by atoms with van der Waals surface area (Å²) in [4.78, 5) is 55.5. The number of aliphatic hydroxyl groups is 1. The Kier molecular flexibility index (Phi) is 10.9. The van der Waals surface area contributed by atoms with Gasteiger partial charge in [0.05, 0.1) is 6.10 Å². The van der Waals surface area contributed by atoms with Crippen LogP contribution in [0.4, 0.5) is 0 Å². The minimum absolute atomic E-state index is 0.0176. The molecule has 236 valence electrons. The number of rotatable bonds is 14. The van der Waals surface area contributed by atoms with E-state index in [4.69, 9.17) is 5.73 Å². The minimum atomic E-state index is -1.33. The van der Waals surface area contributed by atoms with Gasteiger partial charge < -0.3 is 42.0 Å². The Bertz CT molecular complexity index is 1620. The summed E-state index contributed by atoms with van der Waals surface area (Å²) in [6.07, 6.45) is 0.543. The first-order valence-electron chi connectivity index (χ1n) is 14.5. The number of carboxylic acid groups (broad SMARTS) is 1. The Morgan fingerprint density at radius 1 is 0.733 bits per heavy atom. The number of hydrogen-bond donors (Lipinski definition) is 8. The molecule has 45 heavy (non-hydrogen) atoms. The zero-order valence-corrected chi connectivity index (χ0v) is 24.6. The quantitative estimate of drug-likeness (QED) is 0.103. The average molecular weight is 616 g/mol. The van der Waals surface area contributed by atoms with Crippen molar-refractivity contribution in [2.45, 2.75) is 56.5 Å². The number of phenols is 1. The molecule has 0 spiro atoms. The number of phenolic OH excluding ortho intramolecular Hbond substituents is 1. The third kappa shape index (κ3) is 8.91. The molecule has 0 radical (unpaired) electrons. The number of carboxylic acids is 1. The monoisotopic (exact) mass is 615 g/mol. The second kappa shape index (κ2) is 15.0. The lowest BCUT2D eigenvalue weighted by molar-refractivity contribution is -0.142. The summed E-state index contributed by atoms with van der Waals surface area (Å²) < 4.78 is 0. The maximum Gasteiger partial charge on any atom is 0.326 e. The van der Waals surface area contributed by atoms with Gasteiger partial charge in [-0.3, -0.25) is 14.4 Å². The number of H-pyrrole nitrogens is 1. The molecule has 3 aromatic carbocycles. The molecule has 4 rings (SSSR count). The third-order valence-electron chi connectivity index (χ3n) is 7.46. The SMILES string of the molecule is CC(O)C(N)C(=O)NC(Cc1c[nH]c2ccccc12)C(=O)NC(Cc1ccccc1)C(=O)NC(Cc1ccc(O)cc1)C(=O)O. The number of fused-ring (bicyclic) bond motifs is 1. The molecule has 1 aromatic heterocycles. The predicted molar refractivity (Wildman–Crippen MR) is 167 cm³/mol. The third-order valence-corrected chi connectivity index (χ3v) is 7.46. The molecule has 12 heteroatoms. The lowest BCUT2D eigenvalue weighted by atomic mass is 10.0. The molecule has 5 unspecified atom stereocenters. The van der Waals surface area contributed by atoms with Crippen molar-refractivity contribution >= 4 is 34.6 Å². The van der Waals surface area contributed by atoms with E-state index in [2.05, 4.69) is 20.9 Å². The molecular formula is C33H37N5O7. The van der Waals surface area contributed by atoms with Gasteiger partial charge in [0.1, 0.15) is 29.9 Å². The molecular weight excluding hydrogens is 578 g/mol. The van der Waals surface area contributed by atoms with Crippen LogP contribution in [0.5, 0.6) is 5.75 Å². The Labute approximate surface area is 259 Å². The van der Waals surface area contributed by atoms with Gasteiger partial charge in [-0.25, -0.2) is 4.79 Å². The zero-order valence-electron chi connectivity index (χ0n) is 24.6. The molecule has 0 saturated carbocycles. The first kappa shape index (κ1) is 32.7. The molecule has 3 amide bonds. The highest BCUT2D eigenvalue weighted by molar-refractivity contribution is 5.95. The summed E-state index contributed by atoms with van der Waals surface area (Å²) in [6.45, 7) is 1.36. The van der Waals surface area contributed by atoms with E-state index >= 15 is 0 Å². The Morgan fingerprint density at radius 2 is 1.27 bits per heavy atom. The molecule has 0 aliphatic rings. The molecule has 1 heterocycles. The van der Waals surface area contributed by atoms with E-state index in [1.807, 2.05) is 24.3 Å². The van der Waals surface area contributed by atoms with E-state index in [9.17, 15) is 34.5 Å². The summed E-state index contributed by atoms with van der Waals surface area (Å²) in [6, 6.07) is 17.2. The fourth-order valence-corrected chi connectivity index (χ4v) is 4.89. The Morgan fingerprint density at radius 3 is 1.91 bits per heavy atom. The van der Waals surface area contributed by atoms with Crippen molar-refractivity contribution in [2.75, 3.05) is 0 Å². The standard InChI is InChI=1S/C33H37N5O7/c1-19(39)29(34)32(43)37-27(17-22-18-35-25-10-6-5-9-24(22)25)31(42)36-26(15-20-7-3-2-4-8-20)30(41)38-28(33(44)45)16-21-11-13-23(40)14-12-21/h2-14,18-19,26-29,35,39-40H,15-17,34H2,1H3,(H,36,42)(H,37,43)(H,38,41)(H,44,45). The van der Waals surface area contributed by atoms with Gasteiger partial charge in [-0.1, -0.05) is 60.7 Å². The first-order valence-corrected chi connectivity index (χ1v) is 14.5. The summed E-state index contributed by atoms with van der Waals surface area (Å²) in [5.41, 5.74) is 8.67. The number of benzene rings is 3. The molecule has 0 fully saturated rings. The number of aromatic amines is 1. The lowest BCUT2D eigenvalue weighted by Crippen LogP contribution is -2.59. The maximum atomic E-state index is 13.8. The Hall–Kier alpha value is -5.20. The number of aliphatic carboxylic acids is 1. The number of aromatic nitrogens is 1. The fourth-order valence-electron chi connectivity index (χ4n) is 4.89. The van der Waals surface area contributed by atoms with Crippen LogP contribution in [0.2, 0.25) is 0 Å². The van der Waals surface area contributed by atoms with Crippen LogP contribution < -0.4 is 21.7 Å². The molecule has 5 atom stereocenters. The van der Waals surface area contributed by atoms with Crippen molar-refractivity contribution in [2.24, 2.45) is 5.73 Å². The highest BCUT2D eigenvalue weighted by Crippen LogP contribution is 2.20. The van der Waals surface area contributed by atoms with Crippen LogP contribution in [0, 0.1) is 0 Å². The van der Waals surface area contributed by atoms with Gasteiger partial charge in [-0.05, 0) is 41.8 Å². The second-order valence-electron chi connectivity index (χ2n) is 10.9. The average Bonchev–Trinajstić information content (AvgIpc) is 3.43. The number of carbonyl (C=O) groups is 4. The van der Waals surface area contributed by atoms with Crippen molar-refractivity contribution in [1.29, 1.82) is 0 Å². The van der Waals surface area contributed by atoms with Crippen LogP contribution in [0.1, 0.15) is 23.6 Å². The van der Waals surface area contributed by atoms with E-state index < -0.39 is 54.0 Å². The van der Waals surface area contributed by atoms with Crippen LogP contribution >= 0.6 is 0 Å². The van der Waals surface area contributed by atoms with Crippen LogP contribution in [-0.2, 0) is 38.4 Å². The van der Waals surface area contributed by atoms with Crippen LogP contribution in [-0.4, -0.2) is 74.3 Å².